The Bertz CT molecular complexity index is 6.00. The third-order valence-electron chi connectivity index (χ3n) is 0. The van der Waals surface area contributed by atoms with Crippen LogP contribution in [0.25, 0.3) is 0 Å². The van der Waals surface area contributed by atoms with Crippen LogP contribution in [0.15, 0.2) is 0 Å². The van der Waals surface area contributed by atoms with E-state index in [9.17, 15) is 0 Å². The van der Waals surface area contributed by atoms with E-state index in [1.54, 1.807) is 0 Å². The number of hydrogen-bond acceptors (Lipinski definition) is 1. The van der Waals surface area contributed by atoms with Crippen molar-refractivity contribution in [3.63, 3.8) is 0 Å². The Labute approximate surface area is 46.4 Å². The molecule has 1 radical (unpaired) electrons. The van der Waals surface area contributed by atoms with Crippen LogP contribution < -0.4 is 0 Å². The van der Waals surface area contributed by atoms with E-state index >= 15 is 0 Å². The molecule has 0 heterocycles. The van der Waals surface area contributed by atoms with Gasteiger partial charge < -0.3 is 0 Å². The van der Waals surface area contributed by atoms with Crippen molar-refractivity contribution in [3.05, 3.63) is 0 Å². The van der Waals surface area contributed by atoms with Crippen molar-refractivity contribution in [1.82, 2.24) is 0 Å². The minimum atomic E-state index is 0. The average Bonchev–Trinajstić information content (AvgIpc) is 0.918. The van der Waals surface area contributed by atoms with E-state index in [0.717, 1.165) is 0 Å². The normalized spacial score (nSPS) is 4.50. The van der Waals surface area contributed by atoms with Crippen molar-refractivity contribution in [2.75, 3.05) is 0 Å². The van der Waals surface area contributed by atoms with Crippen molar-refractivity contribution in [2.24, 2.45) is 0 Å². The molecule has 0 aromatic heterocycles. The van der Waals surface area contributed by atoms with E-state index in [1.165, 1.54) is 0 Å². The summed E-state index contributed by atoms with van der Waals surface area (Å²) in [7, 11) is 0. The minimum Gasteiger partial charge on any atom is -0.166 e. The molecular weight excluding hydrogens is 138 g/mol. The third-order valence-corrected chi connectivity index (χ3v) is 0. The molecule has 0 spiro atoms. The summed E-state index contributed by atoms with van der Waals surface area (Å²) in [6, 6.07) is 0. The molecule has 25 valence electrons. The Hall–Kier alpha value is 1.12. The summed E-state index contributed by atoms with van der Waals surface area (Å²) in [5.41, 5.74) is 0. The second-order valence-electron chi connectivity index (χ2n) is 0.0583. The summed E-state index contributed by atoms with van der Waals surface area (Å²) in [4.78, 5) is 0. The monoisotopic (exact) mass is 137 g/mol. The molecule has 0 fully saturated rings. The van der Waals surface area contributed by atoms with Crippen LogP contribution in [-0.2, 0) is 22.4 Å². The first-order valence-electron chi connectivity index (χ1n) is 0.309. The van der Waals surface area contributed by atoms with Gasteiger partial charge in [0, 0.05) is 18.6 Å². The van der Waals surface area contributed by atoms with Gasteiger partial charge in [0.2, 0.25) is 0 Å². The van der Waals surface area contributed by atoms with Crippen LogP contribution in [0.1, 0.15) is 0 Å². The van der Waals surface area contributed by atoms with E-state index in [1.807, 2.05) is 0 Å². The molecule has 0 N–H and O–H groups in total. The van der Waals surface area contributed by atoms with Crippen molar-refractivity contribution >= 4 is 23.7 Å². The van der Waals surface area contributed by atoms with Crippen molar-refractivity contribution in [3.8, 4) is 0 Å². The van der Waals surface area contributed by atoms with Crippen LogP contribution in [0.4, 0.5) is 0 Å². The topological polar surface area (TPSA) is 9.23 Å². The van der Waals surface area contributed by atoms with Gasteiger partial charge in [-0.1, -0.05) is 0 Å². The van der Waals surface area contributed by atoms with Crippen LogP contribution in [0.2, 0.25) is 0 Å². The van der Waals surface area contributed by atoms with Crippen molar-refractivity contribution in [1.29, 1.82) is 0 Å². The second-order valence-corrected chi connectivity index (χ2v) is 0.525. The molecular formula is Cl2OV. The Morgan fingerprint density at radius 1 is 1.25 bits per heavy atom. The molecule has 0 bridgehead atoms. The third kappa shape index (κ3) is 11.2. The quantitative estimate of drug-likeness (QED) is 0.490. The second kappa shape index (κ2) is 8.92. The fourth-order valence-corrected chi connectivity index (χ4v) is 0. The maximum absolute atomic E-state index is 4.26. The van der Waals surface area contributed by atoms with Crippen LogP contribution in [-0.4, -0.2) is 0 Å². The molecule has 0 aliphatic rings. The van der Waals surface area contributed by atoms with Gasteiger partial charge in [-0.15, -0.1) is 0 Å². The molecule has 0 unspecified atom stereocenters. The van der Waals surface area contributed by atoms with E-state index in [-0.39, 0.29) is 18.6 Å². The number of hydrogen-bond donors (Lipinski definition) is 0. The molecule has 0 amide bonds. The van der Waals surface area contributed by atoms with Gasteiger partial charge in [-0.2, -0.15) is 3.84 Å². The first-order valence-corrected chi connectivity index (χ1v) is 0.926. The van der Waals surface area contributed by atoms with Gasteiger partial charge in [-0.05, 0) is 0 Å². The molecule has 1 nitrogen and oxygen atoms in total. The Morgan fingerprint density at radius 3 is 1.25 bits per heavy atom. The van der Waals surface area contributed by atoms with E-state index < -0.39 is 0 Å². The summed E-state index contributed by atoms with van der Waals surface area (Å²) >= 11 is 8.53. The maximum Gasteiger partial charge on any atom is 0.0832 e. The van der Waals surface area contributed by atoms with Gasteiger partial charge in [0.15, 0.2) is 0 Å². The first kappa shape index (κ1) is 8.93. The molecule has 0 aliphatic heterocycles. The Morgan fingerprint density at radius 2 is 1.25 bits per heavy atom. The minimum absolute atomic E-state index is 0. The summed E-state index contributed by atoms with van der Waals surface area (Å²) in [5, 5.41) is 0. The summed E-state index contributed by atoms with van der Waals surface area (Å²) in [6.07, 6.45) is 0. The zero-order valence-corrected chi connectivity index (χ0v) is 4.52. The molecule has 0 atom stereocenters. The van der Waals surface area contributed by atoms with E-state index in [2.05, 4.69) is 27.6 Å². The fourth-order valence-electron chi connectivity index (χ4n) is 0. The van der Waals surface area contributed by atoms with E-state index in [0.29, 0.717) is 0 Å². The first-order chi connectivity index (χ1) is 1.41. The largest absolute Gasteiger partial charge is 0.166 e. The van der Waals surface area contributed by atoms with Gasteiger partial charge >= 0.3 is 0 Å². The molecule has 4 heteroatoms. The predicted molar refractivity (Wildman–Crippen MR) is 12.8 cm³/mol. The summed E-state index contributed by atoms with van der Waals surface area (Å²) in [5.74, 6) is 0. The van der Waals surface area contributed by atoms with Crippen LogP contribution in [0, 0.1) is 0 Å². The van der Waals surface area contributed by atoms with Gasteiger partial charge in [0.1, 0.15) is 0 Å². The Balaban J connectivity index is 0. The van der Waals surface area contributed by atoms with Gasteiger partial charge in [0.25, 0.3) is 0 Å². The van der Waals surface area contributed by atoms with Crippen LogP contribution in [0.3, 0.4) is 0 Å². The van der Waals surface area contributed by atoms with Crippen LogP contribution in [0.5, 0.6) is 0 Å². The van der Waals surface area contributed by atoms with Gasteiger partial charge in [-0.25, -0.2) is 0 Å². The molecule has 0 rings (SSSR count). The maximum atomic E-state index is 4.26. The Kier molecular flexibility index (Phi) is 19.9. The average molecular weight is 138 g/mol. The number of rotatable bonds is 0. The predicted octanol–water partition coefficient (Wildman–Crippen LogP) is 1.31. The molecule has 0 saturated carbocycles. The zero-order chi connectivity index (χ0) is 2.71. The molecule has 0 aliphatic carbocycles. The van der Waals surface area contributed by atoms with Gasteiger partial charge in [-0.3, -0.25) is 0 Å². The standard InChI is InChI=1S/Cl2O.V/c1-3-2;. The van der Waals surface area contributed by atoms with E-state index in [4.69, 9.17) is 0 Å². The summed E-state index contributed by atoms with van der Waals surface area (Å²) in [6.45, 7) is 0. The molecule has 0 aromatic rings. The smallest absolute Gasteiger partial charge is 0.0832 e. The molecule has 0 saturated heterocycles. The fraction of sp³-hybridized carbons (Fsp3) is 0. The summed E-state index contributed by atoms with van der Waals surface area (Å²) < 4.78 is 3.19. The zero-order valence-electron chi connectivity index (χ0n) is 1.61. The number of halogens is 2. The van der Waals surface area contributed by atoms with Crippen molar-refractivity contribution in [2.45, 2.75) is 0 Å². The van der Waals surface area contributed by atoms with Crippen molar-refractivity contribution < 1.29 is 22.4 Å². The molecule has 0 aromatic carbocycles. The molecule has 4 heavy (non-hydrogen) atoms. The SMILES string of the molecule is ClOCl.[V]. The van der Waals surface area contributed by atoms with Gasteiger partial charge in [0.05, 0.1) is 23.7 Å². The van der Waals surface area contributed by atoms with Crippen LogP contribution >= 0.6 is 23.7 Å².